The van der Waals surface area contributed by atoms with Gasteiger partial charge in [-0.15, -0.1) is 0 Å². The Morgan fingerprint density at radius 3 is 2.00 bits per heavy atom. The third-order valence-corrected chi connectivity index (χ3v) is 7.80. The van der Waals surface area contributed by atoms with Gasteiger partial charge in [0.05, 0.1) is 31.5 Å². The molecule has 0 N–H and O–H groups in total. The van der Waals surface area contributed by atoms with Crippen molar-refractivity contribution in [2.45, 2.75) is 110 Å². The zero-order valence-corrected chi connectivity index (χ0v) is 26.0. The maximum Gasteiger partial charge on any atom is 0.117 e. The van der Waals surface area contributed by atoms with Crippen molar-refractivity contribution in [1.82, 2.24) is 0 Å². The highest BCUT2D eigenvalue weighted by Gasteiger charge is 2.49. The number of nitriles is 1. The molecule has 8 nitrogen and oxygen atoms in total. The smallest absolute Gasteiger partial charge is 0.117 e. The fourth-order valence-electron chi connectivity index (χ4n) is 5.35. The summed E-state index contributed by atoms with van der Waals surface area (Å²) in [6.45, 7) is 14.6. The first-order chi connectivity index (χ1) is 20.2. The van der Waals surface area contributed by atoms with E-state index < -0.39 is 6.10 Å². The molecule has 2 saturated heterocycles. The Bertz CT molecular complexity index is 887. The van der Waals surface area contributed by atoms with E-state index in [9.17, 15) is 5.26 Å². The molecule has 0 aromatic heterocycles. The van der Waals surface area contributed by atoms with Crippen LogP contribution in [-0.2, 0) is 28.4 Å². The van der Waals surface area contributed by atoms with Crippen molar-refractivity contribution in [3.05, 3.63) is 29.3 Å². The van der Waals surface area contributed by atoms with Crippen molar-refractivity contribution in [1.29, 1.82) is 5.26 Å². The molecule has 41 heavy (non-hydrogen) atoms. The Labute approximate surface area is 248 Å². The van der Waals surface area contributed by atoms with Gasteiger partial charge in [-0.1, -0.05) is 53.4 Å². The fraction of sp³-hybridized carbons (Fsp3) is 0.788. The lowest BCUT2D eigenvalue weighted by molar-refractivity contribution is -0.268. The Morgan fingerprint density at radius 1 is 0.805 bits per heavy atom. The van der Waals surface area contributed by atoms with E-state index in [4.69, 9.17) is 28.4 Å². The maximum absolute atomic E-state index is 9.86. The molecule has 3 unspecified atom stereocenters. The van der Waals surface area contributed by atoms with Gasteiger partial charge in [0.1, 0.15) is 30.5 Å². The summed E-state index contributed by atoms with van der Waals surface area (Å²) in [5, 5.41) is 9.86. The first-order valence-corrected chi connectivity index (χ1v) is 16.1. The minimum Gasteiger partial charge on any atom is -0.379 e. The molecular formula is C33H54N2O6. The van der Waals surface area contributed by atoms with Crippen LogP contribution in [0.4, 0.5) is 5.69 Å². The summed E-state index contributed by atoms with van der Waals surface area (Å²) in [7, 11) is 0. The van der Waals surface area contributed by atoms with Crippen molar-refractivity contribution < 1.29 is 28.4 Å². The van der Waals surface area contributed by atoms with E-state index in [1.54, 1.807) is 0 Å². The fourth-order valence-corrected chi connectivity index (χ4v) is 5.35. The van der Waals surface area contributed by atoms with Crippen LogP contribution in [0.2, 0.25) is 0 Å². The molecule has 0 saturated carbocycles. The van der Waals surface area contributed by atoms with E-state index in [1.165, 1.54) is 0 Å². The molecule has 3 rings (SSSR count). The molecule has 2 aliphatic rings. The van der Waals surface area contributed by atoms with E-state index >= 15 is 0 Å². The third-order valence-electron chi connectivity index (χ3n) is 7.80. The van der Waals surface area contributed by atoms with Crippen LogP contribution in [0.25, 0.3) is 0 Å². The van der Waals surface area contributed by atoms with Gasteiger partial charge < -0.3 is 33.3 Å². The van der Waals surface area contributed by atoms with Gasteiger partial charge >= 0.3 is 0 Å². The molecule has 2 heterocycles. The number of benzene rings is 1. The number of rotatable bonds is 19. The molecule has 2 aliphatic heterocycles. The highest BCUT2D eigenvalue weighted by molar-refractivity contribution is 5.58. The van der Waals surface area contributed by atoms with E-state index in [-0.39, 0.29) is 24.4 Å². The molecule has 8 heteroatoms. The molecule has 232 valence electrons. The molecular weight excluding hydrogens is 520 g/mol. The van der Waals surface area contributed by atoms with Gasteiger partial charge in [0.15, 0.2) is 0 Å². The minimum absolute atomic E-state index is 0.311. The second-order valence-electron chi connectivity index (χ2n) is 11.1. The summed E-state index contributed by atoms with van der Waals surface area (Å²) in [6.07, 6.45) is 6.31. The average Bonchev–Trinajstić information content (AvgIpc) is 3.01. The number of morpholine rings is 1. The summed E-state index contributed by atoms with van der Waals surface area (Å²) in [5.74, 6) is 0. The van der Waals surface area contributed by atoms with Gasteiger partial charge in [0.2, 0.25) is 0 Å². The number of anilines is 1. The van der Waals surface area contributed by atoms with Crippen LogP contribution in [0.15, 0.2) is 18.2 Å². The van der Waals surface area contributed by atoms with Gasteiger partial charge in [-0.05, 0) is 43.9 Å². The van der Waals surface area contributed by atoms with Crippen LogP contribution in [0.1, 0.15) is 96.3 Å². The Hall–Kier alpha value is -1.73. The molecule has 2 fully saturated rings. The molecule has 0 spiro atoms. The Kier molecular flexibility index (Phi) is 16.0. The zero-order valence-electron chi connectivity index (χ0n) is 26.0. The Morgan fingerprint density at radius 2 is 1.39 bits per heavy atom. The maximum atomic E-state index is 9.86. The quantitative estimate of drug-likeness (QED) is 0.181. The van der Waals surface area contributed by atoms with E-state index in [1.807, 2.05) is 12.1 Å². The summed E-state index contributed by atoms with van der Waals surface area (Å²) in [6, 6.07) is 8.25. The lowest BCUT2D eigenvalue weighted by Gasteiger charge is -2.47. The predicted octanol–water partition coefficient (Wildman–Crippen LogP) is 6.21. The van der Waals surface area contributed by atoms with Gasteiger partial charge in [-0.2, -0.15) is 5.26 Å². The van der Waals surface area contributed by atoms with E-state index in [0.717, 1.165) is 75.7 Å². The van der Waals surface area contributed by atoms with Gasteiger partial charge in [-0.25, -0.2) is 0 Å². The van der Waals surface area contributed by atoms with Crippen LogP contribution >= 0.6 is 0 Å². The van der Waals surface area contributed by atoms with Crippen molar-refractivity contribution in [2.75, 3.05) is 64.2 Å². The SMILES string of the molecule is CCCCOCC1OC(c2cc(C#N)ccc2N2CCOCC2)[C@H](OCCCC)C(OCCCC)[C@@H]1OCCCC. The van der Waals surface area contributed by atoms with Crippen molar-refractivity contribution in [3.63, 3.8) is 0 Å². The van der Waals surface area contributed by atoms with Crippen molar-refractivity contribution >= 4 is 5.69 Å². The minimum atomic E-state index is -0.435. The summed E-state index contributed by atoms with van der Waals surface area (Å²) >= 11 is 0. The summed E-state index contributed by atoms with van der Waals surface area (Å²) < 4.78 is 38.7. The van der Waals surface area contributed by atoms with Crippen molar-refractivity contribution in [3.8, 4) is 6.07 Å². The van der Waals surface area contributed by atoms with Gasteiger partial charge in [-0.3, -0.25) is 0 Å². The molecule has 5 atom stereocenters. The second-order valence-corrected chi connectivity index (χ2v) is 11.1. The standard InChI is InChI=1S/C33H54N2O6/c1-5-9-17-37-25-29-31(38-18-10-6-2)33(40-20-12-8-4)32(39-19-11-7-3)30(41-29)27-23-26(24-34)13-14-28(27)35-15-21-36-22-16-35/h13-14,23,29-33H,5-12,15-22,25H2,1-4H3/t29?,30?,31-,32+,33?/m1/s1. The molecule has 0 radical (unpaired) electrons. The van der Waals surface area contributed by atoms with Crippen LogP contribution < -0.4 is 4.90 Å². The molecule has 0 amide bonds. The van der Waals surface area contributed by atoms with E-state index in [2.05, 4.69) is 44.7 Å². The molecule has 0 aliphatic carbocycles. The van der Waals surface area contributed by atoms with Crippen molar-refractivity contribution in [2.24, 2.45) is 0 Å². The molecule has 1 aromatic carbocycles. The highest BCUT2D eigenvalue weighted by Crippen LogP contribution is 2.41. The first-order valence-electron chi connectivity index (χ1n) is 16.1. The number of hydrogen-bond acceptors (Lipinski definition) is 8. The predicted molar refractivity (Wildman–Crippen MR) is 161 cm³/mol. The van der Waals surface area contributed by atoms with Gasteiger partial charge in [0.25, 0.3) is 0 Å². The lowest BCUT2D eigenvalue weighted by Crippen LogP contribution is -2.59. The molecule has 1 aromatic rings. The summed E-state index contributed by atoms with van der Waals surface area (Å²) in [4.78, 5) is 2.33. The van der Waals surface area contributed by atoms with Gasteiger partial charge in [0, 0.05) is 50.8 Å². The number of unbranched alkanes of at least 4 members (excludes halogenated alkanes) is 4. The normalized spacial score (nSPS) is 24.9. The number of ether oxygens (including phenoxy) is 6. The van der Waals surface area contributed by atoms with Crippen LogP contribution in [0, 0.1) is 11.3 Å². The van der Waals surface area contributed by atoms with E-state index in [0.29, 0.717) is 51.8 Å². The summed E-state index contributed by atoms with van der Waals surface area (Å²) in [5.41, 5.74) is 2.63. The average molecular weight is 575 g/mol. The second kappa shape index (κ2) is 19.5. The Balaban J connectivity index is 2.05. The number of nitrogens with zero attached hydrogens (tertiary/aromatic N) is 2. The number of hydrogen-bond donors (Lipinski definition) is 0. The van der Waals surface area contributed by atoms with Crippen LogP contribution in [-0.4, -0.2) is 83.8 Å². The topological polar surface area (TPSA) is 82.4 Å². The monoisotopic (exact) mass is 574 g/mol. The largest absolute Gasteiger partial charge is 0.379 e. The lowest BCUT2D eigenvalue weighted by atomic mass is 9.88. The zero-order chi connectivity index (χ0) is 29.3. The molecule has 0 bridgehead atoms. The third kappa shape index (κ3) is 10.2. The van der Waals surface area contributed by atoms with Crippen LogP contribution in [0.5, 0.6) is 0 Å². The first kappa shape index (κ1) is 33.8. The highest BCUT2D eigenvalue weighted by atomic mass is 16.6. The van der Waals surface area contributed by atoms with Crippen LogP contribution in [0.3, 0.4) is 0 Å².